The van der Waals surface area contributed by atoms with E-state index in [0.717, 1.165) is 5.92 Å². The summed E-state index contributed by atoms with van der Waals surface area (Å²) >= 11 is 0. The van der Waals surface area contributed by atoms with Crippen LogP contribution in [0.15, 0.2) is 12.2 Å². The summed E-state index contributed by atoms with van der Waals surface area (Å²) in [6.07, 6.45) is 7.16. The lowest BCUT2D eigenvalue weighted by Crippen LogP contribution is -2.31. The third kappa shape index (κ3) is 0.530. The summed E-state index contributed by atoms with van der Waals surface area (Å²) in [6.45, 7) is 6.74. The van der Waals surface area contributed by atoms with Crippen molar-refractivity contribution >= 4 is 5.78 Å². The lowest BCUT2D eigenvalue weighted by molar-refractivity contribution is -0.128. The van der Waals surface area contributed by atoms with Crippen LogP contribution in [0.3, 0.4) is 0 Å². The smallest absolute Gasteiger partial charge is 0.143 e. The largest absolute Gasteiger partial charge is 0.299 e. The van der Waals surface area contributed by atoms with Crippen molar-refractivity contribution in [2.24, 2.45) is 34.0 Å². The Morgan fingerprint density at radius 2 is 2.07 bits per heavy atom. The lowest BCUT2D eigenvalue weighted by atomic mass is 9.72. The molecule has 0 bridgehead atoms. The zero-order valence-corrected chi connectivity index (χ0v) is 9.71. The van der Waals surface area contributed by atoms with Gasteiger partial charge in [-0.15, -0.1) is 0 Å². The molecular formula is C14H18O. The van der Waals surface area contributed by atoms with Crippen molar-refractivity contribution in [3.8, 4) is 0 Å². The van der Waals surface area contributed by atoms with Crippen LogP contribution in [0, 0.1) is 34.0 Å². The predicted octanol–water partition coefficient (Wildman–Crippen LogP) is 2.81. The molecular weight excluding hydrogens is 184 g/mol. The highest BCUT2D eigenvalue weighted by Crippen LogP contribution is 2.91. The molecule has 5 atom stereocenters. The summed E-state index contributed by atoms with van der Waals surface area (Å²) in [4.78, 5) is 12.4. The second-order valence-electron chi connectivity index (χ2n) is 6.87. The Morgan fingerprint density at radius 1 is 1.33 bits per heavy atom. The van der Waals surface area contributed by atoms with Crippen LogP contribution in [0.25, 0.3) is 0 Å². The molecule has 1 nitrogen and oxygen atoms in total. The Morgan fingerprint density at radius 3 is 2.73 bits per heavy atom. The molecule has 0 amide bonds. The van der Waals surface area contributed by atoms with Crippen molar-refractivity contribution in [3.05, 3.63) is 12.2 Å². The molecule has 0 saturated heterocycles. The average Bonchev–Trinajstić information content (AvgIpc) is 2.48. The molecule has 0 radical (unpaired) electrons. The van der Waals surface area contributed by atoms with E-state index in [1.54, 1.807) is 0 Å². The second kappa shape index (κ2) is 1.85. The summed E-state index contributed by atoms with van der Waals surface area (Å²) in [7, 11) is 0. The zero-order valence-electron chi connectivity index (χ0n) is 9.71. The third-order valence-electron chi connectivity index (χ3n) is 6.50. The number of ketones is 1. The van der Waals surface area contributed by atoms with E-state index in [-0.39, 0.29) is 5.41 Å². The van der Waals surface area contributed by atoms with Gasteiger partial charge in [-0.25, -0.2) is 0 Å². The zero-order chi connectivity index (χ0) is 10.6. The summed E-state index contributed by atoms with van der Waals surface area (Å²) in [5.74, 6) is 2.35. The maximum absolute atomic E-state index is 12.4. The van der Waals surface area contributed by atoms with Crippen molar-refractivity contribution < 1.29 is 4.79 Å². The molecule has 15 heavy (non-hydrogen) atoms. The van der Waals surface area contributed by atoms with Crippen molar-refractivity contribution in [2.75, 3.05) is 0 Å². The molecule has 0 heterocycles. The first kappa shape index (κ1) is 8.55. The first-order chi connectivity index (χ1) is 6.97. The highest BCUT2D eigenvalue weighted by molar-refractivity contribution is 5.96. The number of allylic oxidation sites excluding steroid dienone is 2. The normalized spacial score (nSPS) is 62.1. The number of Topliss-reactive ketones (excluding diaryl/α,β-unsaturated/α-hetero) is 1. The molecule has 2 unspecified atom stereocenters. The van der Waals surface area contributed by atoms with Gasteiger partial charge in [0.1, 0.15) is 5.78 Å². The average molecular weight is 202 g/mol. The molecule has 3 fully saturated rings. The van der Waals surface area contributed by atoms with Gasteiger partial charge in [0.25, 0.3) is 0 Å². The first-order valence-corrected chi connectivity index (χ1v) is 6.18. The topological polar surface area (TPSA) is 17.1 Å². The van der Waals surface area contributed by atoms with Crippen LogP contribution in [0.5, 0.6) is 0 Å². The molecule has 1 heteroatoms. The van der Waals surface area contributed by atoms with Crippen LogP contribution in [0.2, 0.25) is 0 Å². The molecule has 0 aromatic carbocycles. The van der Waals surface area contributed by atoms with E-state index >= 15 is 0 Å². The monoisotopic (exact) mass is 202 g/mol. The summed E-state index contributed by atoms with van der Waals surface area (Å²) < 4.78 is 0. The van der Waals surface area contributed by atoms with Crippen LogP contribution < -0.4 is 0 Å². The number of rotatable bonds is 0. The standard InChI is InChI=1S/C14H18O/c1-12(2)9-7-8-5-4-6-14(8)10(11(12)15)13(9,14)3/h4-5,8-10H,6-7H2,1-3H3/t8-,9+,10?,13+,14?/m0/s1. The van der Waals surface area contributed by atoms with Crippen molar-refractivity contribution in [1.29, 1.82) is 0 Å². The fraction of sp³-hybridized carbons (Fsp3) is 0.786. The van der Waals surface area contributed by atoms with E-state index in [1.165, 1.54) is 12.8 Å². The molecule has 0 aromatic heterocycles. The minimum atomic E-state index is -0.0388. The molecule has 4 rings (SSSR count). The number of carbonyl (C=O) groups excluding carboxylic acids is 1. The molecule has 3 saturated carbocycles. The number of hydrogen-bond donors (Lipinski definition) is 0. The molecule has 0 aliphatic heterocycles. The highest BCUT2D eigenvalue weighted by atomic mass is 16.1. The van der Waals surface area contributed by atoms with E-state index in [1.807, 2.05) is 0 Å². The SMILES string of the molecule is CC1(C)C(=O)C2C34CC=C[C@H]3C[C@H]1[C@]24C. The van der Waals surface area contributed by atoms with Gasteiger partial charge in [0.05, 0.1) is 0 Å². The molecule has 1 spiro atoms. The van der Waals surface area contributed by atoms with Gasteiger partial charge in [0.2, 0.25) is 0 Å². The molecule has 80 valence electrons. The first-order valence-electron chi connectivity index (χ1n) is 6.18. The van der Waals surface area contributed by atoms with E-state index in [9.17, 15) is 4.79 Å². The summed E-state index contributed by atoms with van der Waals surface area (Å²) in [5, 5.41) is 0. The maximum Gasteiger partial charge on any atom is 0.143 e. The predicted molar refractivity (Wildman–Crippen MR) is 58.2 cm³/mol. The Bertz CT molecular complexity index is 419. The van der Waals surface area contributed by atoms with Crippen molar-refractivity contribution in [2.45, 2.75) is 33.6 Å². The minimum absolute atomic E-state index is 0.0388. The van der Waals surface area contributed by atoms with Gasteiger partial charge in [-0.2, -0.15) is 0 Å². The van der Waals surface area contributed by atoms with Crippen LogP contribution in [0.4, 0.5) is 0 Å². The van der Waals surface area contributed by atoms with E-state index < -0.39 is 0 Å². The molecule has 4 aliphatic carbocycles. The Hall–Kier alpha value is -0.590. The van der Waals surface area contributed by atoms with Gasteiger partial charge in [0, 0.05) is 11.3 Å². The van der Waals surface area contributed by atoms with Gasteiger partial charge in [0.15, 0.2) is 0 Å². The Labute approximate surface area is 90.9 Å². The van der Waals surface area contributed by atoms with Gasteiger partial charge in [-0.3, -0.25) is 4.79 Å². The van der Waals surface area contributed by atoms with E-state index in [2.05, 4.69) is 32.9 Å². The van der Waals surface area contributed by atoms with Gasteiger partial charge in [-0.1, -0.05) is 32.9 Å². The van der Waals surface area contributed by atoms with Crippen LogP contribution in [0.1, 0.15) is 33.6 Å². The van der Waals surface area contributed by atoms with Crippen LogP contribution in [-0.2, 0) is 4.79 Å². The van der Waals surface area contributed by atoms with Crippen LogP contribution in [-0.4, -0.2) is 5.78 Å². The van der Waals surface area contributed by atoms with E-state index in [4.69, 9.17) is 0 Å². The van der Waals surface area contributed by atoms with E-state index in [0.29, 0.717) is 28.4 Å². The second-order valence-corrected chi connectivity index (χ2v) is 6.87. The van der Waals surface area contributed by atoms with Gasteiger partial charge in [-0.05, 0) is 35.5 Å². The molecule has 0 N–H and O–H groups in total. The minimum Gasteiger partial charge on any atom is -0.299 e. The van der Waals surface area contributed by atoms with Crippen molar-refractivity contribution in [1.82, 2.24) is 0 Å². The quantitative estimate of drug-likeness (QED) is 0.552. The lowest BCUT2D eigenvalue weighted by Gasteiger charge is -2.30. The highest BCUT2D eigenvalue weighted by Gasteiger charge is 2.90. The Balaban J connectivity index is 1.94. The Kier molecular flexibility index (Phi) is 1.05. The summed E-state index contributed by atoms with van der Waals surface area (Å²) in [5.41, 5.74) is 0.717. The third-order valence-corrected chi connectivity index (χ3v) is 6.50. The number of carbonyl (C=O) groups is 1. The molecule has 0 aromatic rings. The fourth-order valence-electron chi connectivity index (χ4n) is 5.86. The van der Waals surface area contributed by atoms with Crippen molar-refractivity contribution in [3.63, 3.8) is 0 Å². The molecule has 4 aliphatic rings. The van der Waals surface area contributed by atoms with Gasteiger partial charge >= 0.3 is 0 Å². The number of hydrogen-bond acceptors (Lipinski definition) is 1. The maximum atomic E-state index is 12.4. The van der Waals surface area contributed by atoms with Gasteiger partial charge < -0.3 is 0 Å². The summed E-state index contributed by atoms with van der Waals surface area (Å²) in [6, 6.07) is 0. The fourth-order valence-corrected chi connectivity index (χ4v) is 5.86. The van der Waals surface area contributed by atoms with Crippen LogP contribution >= 0.6 is 0 Å².